The third-order valence-corrected chi connectivity index (χ3v) is 1.64. The van der Waals surface area contributed by atoms with Gasteiger partial charge >= 0.3 is 0 Å². The summed E-state index contributed by atoms with van der Waals surface area (Å²) in [5.74, 6) is 5.42. The molecule has 0 aliphatic rings. The van der Waals surface area contributed by atoms with E-state index in [0.717, 1.165) is 5.56 Å². The maximum Gasteiger partial charge on any atom is 0.168 e. The maximum absolute atomic E-state index is 5.67. The van der Waals surface area contributed by atoms with E-state index >= 15 is 0 Å². The Morgan fingerprint density at radius 3 is 2.17 bits per heavy atom. The minimum Gasteiger partial charge on any atom is -0.0909 e. The molecule has 0 aliphatic carbocycles. The molecule has 0 bridgehead atoms. The molecule has 0 aromatic heterocycles. The first kappa shape index (κ1) is 9.74. The molecule has 0 fully saturated rings. The highest BCUT2D eigenvalue weighted by atomic mass is 35.5. The molecule has 0 N–H and O–H groups in total. The Balaban J connectivity index is 2.79. The summed E-state index contributed by atoms with van der Waals surface area (Å²) in [5.41, 5.74) is 0.853. The Bertz CT molecular complexity index is 303. The standard InChI is InChI=1S/C9H5Cl3/c10-8-4-1-7(2-5-8)3-6-9(11)12/h1-2,4-5,9H. The van der Waals surface area contributed by atoms with Crippen LogP contribution < -0.4 is 0 Å². The fourth-order valence-corrected chi connectivity index (χ4v) is 0.906. The smallest absolute Gasteiger partial charge is 0.0909 e. The topological polar surface area (TPSA) is 0 Å². The molecule has 0 heterocycles. The van der Waals surface area contributed by atoms with Crippen molar-refractivity contribution in [3.05, 3.63) is 34.9 Å². The Labute approximate surface area is 86.4 Å². The van der Waals surface area contributed by atoms with E-state index in [1.165, 1.54) is 0 Å². The molecule has 0 saturated heterocycles. The molecule has 62 valence electrons. The highest BCUT2D eigenvalue weighted by molar-refractivity contribution is 6.46. The van der Waals surface area contributed by atoms with Crippen LogP contribution in [0, 0.1) is 11.8 Å². The lowest BCUT2D eigenvalue weighted by Gasteiger charge is -1.89. The first-order valence-corrected chi connectivity index (χ1v) is 4.49. The molecule has 0 aliphatic heterocycles. The first-order valence-electron chi connectivity index (χ1n) is 3.24. The van der Waals surface area contributed by atoms with Crippen LogP contribution in [-0.2, 0) is 0 Å². The van der Waals surface area contributed by atoms with Crippen molar-refractivity contribution in [2.24, 2.45) is 0 Å². The predicted octanol–water partition coefficient (Wildman–Crippen LogP) is 3.50. The van der Waals surface area contributed by atoms with Gasteiger partial charge in [0.2, 0.25) is 0 Å². The molecule has 0 spiro atoms. The van der Waals surface area contributed by atoms with Crippen molar-refractivity contribution in [1.82, 2.24) is 0 Å². The van der Waals surface area contributed by atoms with Gasteiger partial charge in [0, 0.05) is 10.6 Å². The summed E-state index contributed by atoms with van der Waals surface area (Å²) in [6.07, 6.45) is 0. The van der Waals surface area contributed by atoms with Crippen LogP contribution in [0.3, 0.4) is 0 Å². The van der Waals surface area contributed by atoms with E-state index in [9.17, 15) is 0 Å². The van der Waals surface area contributed by atoms with Gasteiger partial charge in [-0.15, -0.1) is 0 Å². The SMILES string of the molecule is Clc1ccc(C#CC(Cl)Cl)cc1. The number of hydrogen-bond donors (Lipinski definition) is 0. The van der Waals surface area contributed by atoms with Gasteiger partial charge in [0.25, 0.3) is 0 Å². The Morgan fingerprint density at radius 1 is 1.08 bits per heavy atom. The molecular formula is C9H5Cl3. The van der Waals surface area contributed by atoms with E-state index < -0.39 is 4.84 Å². The van der Waals surface area contributed by atoms with Crippen LogP contribution in [0.2, 0.25) is 5.02 Å². The second kappa shape index (κ2) is 4.62. The third-order valence-electron chi connectivity index (χ3n) is 1.17. The van der Waals surface area contributed by atoms with Gasteiger partial charge in [-0.25, -0.2) is 0 Å². The van der Waals surface area contributed by atoms with E-state index in [0.29, 0.717) is 5.02 Å². The van der Waals surface area contributed by atoms with Crippen molar-refractivity contribution in [1.29, 1.82) is 0 Å². The van der Waals surface area contributed by atoms with Crippen LogP contribution in [0.1, 0.15) is 5.56 Å². The van der Waals surface area contributed by atoms with Gasteiger partial charge in [-0.1, -0.05) is 46.6 Å². The van der Waals surface area contributed by atoms with E-state index in [2.05, 4.69) is 11.8 Å². The number of halogens is 3. The highest BCUT2D eigenvalue weighted by Crippen LogP contribution is 2.08. The zero-order valence-corrected chi connectivity index (χ0v) is 8.29. The number of benzene rings is 1. The third kappa shape index (κ3) is 3.36. The summed E-state index contributed by atoms with van der Waals surface area (Å²) in [7, 11) is 0. The van der Waals surface area contributed by atoms with Gasteiger partial charge in [-0.05, 0) is 24.3 Å². The van der Waals surface area contributed by atoms with E-state index in [1.54, 1.807) is 12.1 Å². The van der Waals surface area contributed by atoms with Crippen LogP contribution in [0.15, 0.2) is 24.3 Å². The highest BCUT2D eigenvalue weighted by Gasteiger charge is 1.89. The van der Waals surface area contributed by atoms with Crippen LogP contribution >= 0.6 is 34.8 Å². The number of hydrogen-bond acceptors (Lipinski definition) is 0. The van der Waals surface area contributed by atoms with Crippen LogP contribution in [0.25, 0.3) is 0 Å². The van der Waals surface area contributed by atoms with E-state index in [4.69, 9.17) is 34.8 Å². The molecule has 1 aromatic carbocycles. The van der Waals surface area contributed by atoms with Gasteiger partial charge in [0.05, 0.1) is 0 Å². The lowest BCUT2D eigenvalue weighted by molar-refractivity contribution is 1.63. The zero-order valence-electron chi connectivity index (χ0n) is 6.02. The summed E-state index contributed by atoms with van der Waals surface area (Å²) in [4.78, 5) is -0.638. The molecule has 0 amide bonds. The summed E-state index contributed by atoms with van der Waals surface area (Å²) in [6, 6.07) is 7.16. The molecule has 3 heteroatoms. The van der Waals surface area contributed by atoms with E-state index in [1.807, 2.05) is 12.1 Å². The van der Waals surface area contributed by atoms with Gasteiger partial charge < -0.3 is 0 Å². The van der Waals surface area contributed by atoms with Crippen molar-refractivity contribution in [3.8, 4) is 11.8 Å². The summed E-state index contributed by atoms with van der Waals surface area (Å²) in [6.45, 7) is 0. The van der Waals surface area contributed by atoms with Crippen molar-refractivity contribution in [2.75, 3.05) is 0 Å². The van der Waals surface area contributed by atoms with Gasteiger partial charge in [-0.2, -0.15) is 0 Å². The Kier molecular flexibility index (Phi) is 3.75. The van der Waals surface area contributed by atoms with Crippen molar-refractivity contribution in [3.63, 3.8) is 0 Å². The molecule has 0 nitrogen and oxygen atoms in total. The Morgan fingerprint density at radius 2 is 1.67 bits per heavy atom. The summed E-state index contributed by atoms with van der Waals surface area (Å²) in [5, 5.41) is 0.689. The minimum atomic E-state index is -0.638. The molecule has 0 saturated carbocycles. The molecule has 0 unspecified atom stereocenters. The van der Waals surface area contributed by atoms with Crippen molar-refractivity contribution < 1.29 is 0 Å². The lowest BCUT2D eigenvalue weighted by Crippen LogP contribution is -1.78. The molecule has 12 heavy (non-hydrogen) atoms. The first-order chi connectivity index (χ1) is 5.68. The maximum atomic E-state index is 5.67. The zero-order chi connectivity index (χ0) is 8.97. The quantitative estimate of drug-likeness (QED) is 0.463. The fraction of sp³-hybridized carbons (Fsp3) is 0.111. The lowest BCUT2D eigenvalue weighted by atomic mass is 10.2. The molecule has 1 rings (SSSR count). The number of alkyl halides is 2. The average Bonchev–Trinajstić information content (AvgIpc) is 2.03. The van der Waals surface area contributed by atoms with Crippen LogP contribution in [0.4, 0.5) is 0 Å². The fourth-order valence-electron chi connectivity index (χ4n) is 0.671. The Hall–Kier alpha value is -0.350. The second-order valence-corrected chi connectivity index (χ2v) is 3.61. The monoisotopic (exact) mass is 218 g/mol. The van der Waals surface area contributed by atoms with Gasteiger partial charge in [0.1, 0.15) is 0 Å². The average molecular weight is 219 g/mol. The molecule has 1 aromatic rings. The van der Waals surface area contributed by atoms with Crippen LogP contribution in [-0.4, -0.2) is 4.84 Å². The predicted molar refractivity (Wildman–Crippen MR) is 53.8 cm³/mol. The molecular weight excluding hydrogens is 214 g/mol. The van der Waals surface area contributed by atoms with Gasteiger partial charge in [-0.3, -0.25) is 0 Å². The van der Waals surface area contributed by atoms with Crippen LogP contribution in [0.5, 0.6) is 0 Å². The molecule has 0 atom stereocenters. The number of rotatable bonds is 0. The second-order valence-electron chi connectivity index (χ2n) is 2.08. The minimum absolute atomic E-state index is 0.638. The summed E-state index contributed by atoms with van der Waals surface area (Å²) >= 11 is 16.5. The van der Waals surface area contributed by atoms with Crippen molar-refractivity contribution in [2.45, 2.75) is 4.84 Å². The van der Waals surface area contributed by atoms with E-state index in [-0.39, 0.29) is 0 Å². The largest absolute Gasteiger partial charge is 0.168 e. The van der Waals surface area contributed by atoms with Gasteiger partial charge in [0.15, 0.2) is 4.84 Å². The summed E-state index contributed by atoms with van der Waals surface area (Å²) < 4.78 is 0. The molecule has 0 radical (unpaired) electrons. The van der Waals surface area contributed by atoms with Crippen molar-refractivity contribution >= 4 is 34.8 Å². The normalized spacial score (nSPS) is 9.33.